The minimum atomic E-state index is 1.07. The van der Waals surface area contributed by atoms with Crippen LogP contribution in [0.4, 0.5) is 22.7 Å². The van der Waals surface area contributed by atoms with Crippen molar-refractivity contribution in [2.24, 2.45) is 0 Å². The molecule has 0 radical (unpaired) electrons. The van der Waals surface area contributed by atoms with Gasteiger partial charge in [-0.05, 0) is 93.7 Å². The van der Waals surface area contributed by atoms with E-state index in [2.05, 4.69) is 203 Å². The topological polar surface area (TPSA) is 11.4 Å². The van der Waals surface area contributed by atoms with Crippen molar-refractivity contribution in [3.63, 3.8) is 0 Å². The highest BCUT2D eigenvalue weighted by Gasteiger charge is 2.25. The molecule has 1 heterocycles. The van der Waals surface area contributed by atoms with E-state index in [-0.39, 0.29) is 0 Å². The Morgan fingerprint density at radius 1 is 0.327 bits per heavy atom. The third-order valence-corrected chi connectivity index (χ3v) is 9.85. The summed E-state index contributed by atoms with van der Waals surface area (Å²) in [7, 11) is 0. The summed E-state index contributed by atoms with van der Waals surface area (Å²) in [5.41, 5.74) is 7.87. The molecule has 10 aromatic rings. The second-order valence-corrected chi connectivity index (χ2v) is 12.6. The summed E-state index contributed by atoms with van der Waals surface area (Å²) in [5, 5.41) is 14.8. The minimum Gasteiger partial charge on any atom is -0.309 e. The summed E-state index contributed by atoms with van der Waals surface area (Å²) in [6, 6.07) is 68.0. The Balaban J connectivity index is 1.27. The average molecular weight is 626 g/mol. The van der Waals surface area contributed by atoms with E-state index >= 15 is 0 Å². The van der Waals surface area contributed by atoms with Gasteiger partial charge in [0.25, 0.3) is 0 Å². The molecular formula is C46H31N3. The maximum absolute atomic E-state index is 2.39. The largest absolute Gasteiger partial charge is 0.309 e. The van der Waals surface area contributed by atoms with Crippen molar-refractivity contribution in [3.05, 3.63) is 188 Å². The summed E-state index contributed by atoms with van der Waals surface area (Å²) in [6.07, 6.45) is 0. The molecule has 49 heavy (non-hydrogen) atoms. The van der Waals surface area contributed by atoms with Crippen molar-refractivity contribution in [2.75, 3.05) is 10.0 Å². The van der Waals surface area contributed by atoms with Gasteiger partial charge in [0.1, 0.15) is 0 Å². The third-order valence-electron chi connectivity index (χ3n) is 9.85. The zero-order valence-corrected chi connectivity index (χ0v) is 26.7. The summed E-state index contributed by atoms with van der Waals surface area (Å²) in [4.78, 5) is 0. The smallest absolute Gasteiger partial charge is 0.0715 e. The van der Waals surface area contributed by atoms with Crippen molar-refractivity contribution >= 4 is 76.9 Å². The van der Waals surface area contributed by atoms with Crippen LogP contribution in [0.3, 0.4) is 0 Å². The first-order valence-corrected chi connectivity index (χ1v) is 16.8. The van der Waals surface area contributed by atoms with Crippen LogP contribution in [0.5, 0.6) is 0 Å². The maximum atomic E-state index is 2.39. The molecule has 0 aliphatic rings. The Morgan fingerprint density at radius 3 is 1.63 bits per heavy atom. The molecule has 9 aromatic carbocycles. The first-order valence-electron chi connectivity index (χ1n) is 16.8. The molecule has 0 aliphatic carbocycles. The number of benzene rings is 9. The number of aromatic nitrogens is 1. The van der Waals surface area contributed by atoms with Gasteiger partial charge in [0.05, 0.1) is 33.8 Å². The van der Waals surface area contributed by atoms with Crippen LogP contribution in [0.1, 0.15) is 0 Å². The van der Waals surface area contributed by atoms with Crippen LogP contribution in [0, 0.1) is 0 Å². The number of hydrogen-bond acceptors (Lipinski definition) is 2. The Labute approximate surface area is 284 Å². The second-order valence-electron chi connectivity index (χ2n) is 12.6. The molecule has 1 aromatic heterocycles. The van der Waals surface area contributed by atoms with Crippen LogP contribution < -0.4 is 10.0 Å². The zero-order valence-electron chi connectivity index (χ0n) is 26.7. The van der Waals surface area contributed by atoms with Crippen LogP contribution in [-0.4, -0.2) is 4.57 Å². The first kappa shape index (κ1) is 27.5. The normalized spacial score (nSPS) is 11.7. The maximum Gasteiger partial charge on any atom is 0.0715 e. The van der Waals surface area contributed by atoms with Gasteiger partial charge in [0, 0.05) is 21.8 Å². The van der Waals surface area contributed by atoms with Crippen molar-refractivity contribution in [1.29, 1.82) is 0 Å². The molecule has 10 rings (SSSR count). The molecule has 0 spiro atoms. The molecule has 0 N–H and O–H groups in total. The number of hydrazine groups is 1. The standard InChI is InChI=1S/C46H31N3/c1-4-15-35(16-5-1)47-42-22-11-10-21-39(42)41-31-38(27-30-43(41)47)48(36-17-6-2-7-18-36)49(37-19-8-3-9-20-37)44-29-26-34-24-23-32-13-12-14-33-25-28-40(44)46(34)45(32)33/h1-31H. The zero-order chi connectivity index (χ0) is 32.3. The van der Waals surface area contributed by atoms with Gasteiger partial charge in [-0.3, -0.25) is 0 Å². The molecule has 3 nitrogen and oxygen atoms in total. The van der Waals surface area contributed by atoms with Crippen molar-refractivity contribution < 1.29 is 0 Å². The van der Waals surface area contributed by atoms with Gasteiger partial charge in [-0.2, -0.15) is 0 Å². The fourth-order valence-electron chi connectivity index (χ4n) is 7.73. The molecule has 0 aliphatic heterocycles. The fourth-order valence-corrected chi connectivity index (χ4v) is 7.73. The Morgan fingerprint density at radius 2 is 0.898 bits per heavy atom. The average Bonchev–Trinajstić information content (AvgIpc) is 3.51. The first-order chi connectivity index (χ1) is 24.3. The number of hydrogen-bond donors (Lipinski definition) is 0. The van der Waals surface area contributed by atoms with E-state index in [1.165, 1.54) is 54.1 Å². The van der Waals surface area contributed by atoms with Gasteiger partial charge in [-0.15, -0.1) is 0 Å². The van der Waals surface area contributed by atoms with Crippen molar-refractivity contribution in [3.8, 4) is 5.69 Å². The molecule has 0 amide bonds. The van der Waals surface area contributed by atoms with Crippen LogP contribution >= 0.6 is 0 Å². The summed E-state index contributed by atoms with van der Waals surface area (Å²) >= 11 is 0. The monoisotopic (exact) mass is 625 g/mol. The summed E-state index contributed by atoms with van der Waals surface area (Å²) in [6.45, 7) is 0. The highest BCUT2D eigenvalue weighted by molar-refractivity contribution is 6.25. The predicted molar refractivity (Wildman–Crippen MR) is 208 cm³/mol. The molecule has 3 heteroatoms. The molecule has 0 saturated carbocycles. The van der Waals surface area contributed by atoms with E-state index in [9.17, 15) is 0 Å². The highest BCUT2D eigenvalue weighted by Crippen LogP contribution is 2.45. The fraction of sp³-hybridized carbons (Fsp3) is 0. The minimum absolute atomic E-state index is 1.07. The van der Waals surface area contributed by atoms with Crippen molar-refractivity contribution in [2.45, 2.75) is 0 Å². The number of nitrogens with zero attached hydrogens (tertiary/aromatic N) is 3. The van der Waals surface area contributed by atoms with Gasteiger partial charge >= 0.3 is 0 Å². The van der Waals surface area contributed by atoms with Crippen molar-refractivity contribution in [1.82, 2.24) is 4.57 Å². The SMILES string of the molecule is c1ccc(N(c2ccc3c(c2)c2ccccc2n3-c2ccccc2)N(c2ccccc2)c2ccc3ccc4cccc5ccc2c3c45)cc1. The van der Waals surface area contributed by atoms with E-state index in [1.807, 2.05) is 0 Å². The molecule has 0 bridgehead atoms. The van der Waals surface area contributed by atoms with Gasteiger partial charge in [0.2, 0.25) is 0 Å². The molecular weight excluding hydrogens is 595 g/mol. The lowest BCUT2D eigenvalue weighted by Crippen LogP contribution is -2.36. The lowest BCUT2D eigenvalue weighted by atomic mass is 9.93. The Kier molecular flexibility index (Phi) is 6.18. The van der Waals surface area contributed by atoms with Gasteiger partial charge in [0.15, 0.2) is 0 Å². The highest BCUT2D eigenvalue weighted by atomic mass is 15.6. The quantitative estimate of drug-likeness (QED) is 0.135. The molecule has 0 fully saturated rings. The number of rotatable bonds is 6. The predicted octanol–water partition coefficient (Wildman–Crippen LogP) is 12.6. The van der Waals surface area contributed by atoms with Gasteiger partial charge in [-0.25, -0.2) is 10.0 Å². The summed E-state index contributed by atoms with van der Waals surface area (Å²) in [5.74, 6) is 0. The Hall–Kier alpha value is -6.58. The molecule has 230 valence electrons. The molecule has 0 unspecified atom stereocenters. The molecule has 0 saturated heterocycles. The molecule has 0 atom stereocenters. The van der Waals surface area contributed by atoms with E-state index in [4.69, 9.17) is 0 Å². The van der Waals surface area contributed by atoms with E-state index in [0.717, 1.165) is 28.4 Å². The van der Waals surface area contributed by atoms with Gasteiger partial charge in [-0.1, -0.05) is 121 Å². The van der Waals surface area contributed by atoms with E-state index in [0.29, 0.717) is 0 Å². The van der Waals surface area contributed by atoms with Crippen LogP contribution in [-0.2, 0) is 0 Å². The lowest BCUT2D eigenvalue weighted by Gasteiger charge is -2.39. The Bertz CT molecular complexity index is 2750. The van der Waals surface area contributed by atoms with Crippen LogP contribution in [0.2, 0.25) is 0 Å². The lowest BCUT2D eigenvalue weighted by molar-refractivity contribution is 0.997. The second kappa shape index (κ2) is 11.0. The number of anilines is 4. The van der Waals surface area contributed by atoms with Crippen LogP contribution in [0.25, 0.3) is 59.8 Å². The summed E-state index contributed by atoms with van der Waals surface area (Å²) < 4.78 is 2.37. The third kappa shape index (κ3) is 4.29. The number of fused-ring (bicyclic) bond motifs is 3. The van der Waals surface area contributed by atoms with E-state index < -0.39 is 0 Å². The van der Waals surface area contributed by atoms with Crippen LogP contribution in [0.15, 0.2) is 188 Å². The van der Waals surface area contributed by atoms with E-state index in [1.54, 1.807) is 0 Å². The number of para-hydroxylation sites is 4. The van der Waals surface area contributed by atoms with Gasteiger partial charge < -0.3 is 4.57 Å².